The number of benzene rings is 1. The van der Waals surface area contributed by atoms with Crippen LogP contribution in [0.15, 0.2) is 24.3 Å². The van der Waals surface area contributed by atoms with Gasteiger partial charge in [-0.1, -0.05) is 26.0 Å². The summed E-state index contributed by atoms with van der Waals surface area (Å²) in [6.07, 6.45) is 1.14. The van der Waals surface area contributed by atoms with Crippen molar-refractivity contribution in [3.8, 4) is 0 Å². The van der Waals surface area contributed by atoms with Crippen LogP contribution in [-0.2, 0) is 6.54 Å². The van der Waals surface area contributed by atoms with E-state index in [0.29, 0.717) is 0 Å². The van der Waals surface area contributed by atoms with E-state index in [0.717, 1.165) is 19.5 Å². The number of nitrogens with zero attached hydrogens (tertiary/aromatic N) is 1. The molecule has 0 atom stereocenters. The fourth-order valence-corrected chi connectivity index (χ4v) is 1.69. The molecule has 0 unspecified atom stereocenters. The van der Waals surface area contributed by atoms with Crippen molar-refractivity contribution in [2.24, 2.45) is 0 Å². The highest BCUT2D eigenvalue weighted by Crippen LogP contribution is 2.24. The average molecular weight is 234 g/mol. The van der Waals surface area contributed by atoms with Gasteiger partial charge in [-0.25, -0.2) is 0 Å². The van der Waals surface area contributed by atoms with E-state index in [1.54, 1.807) is 0 Å². The molecule has 2 nitrogen and oxygen atoms in total. The van der Waals surface area contributed by atoms with Crippen molar-refractivity contribution < 1.29 is 0 Å². The molecule has 0 amide bonds. The number of anilines is 1. The summed E-state index contributed by atoms with van der Waals surface area (Å²) in [6, 6.07) is 8.84. The van der Waals surface area contributed by atoms with Gasteiger partial charge >= 0.3 is 0 Å². The van der Waals surface area contributed by atoms with Crippen LogP contribution in [-0.4, -0.2) is 19.1 Å². The Labute approximate surface area is 106 Å². The summed E-state index contributed by atoms with van der Waals surface area (Å²) in [5, 5.41) is 3.34. The highest BCUT2D eigenvalue weighted by Gasteiger charge is 2.21. The maximum absolute atomic E-state index is 3.34. The lowest BCUT2D eigenvalue weighted by molar-refractivity contribution is 0.471. The van der Waals surface area contributed by atoms with E-state index >= 15 is 0 Å². The molecule has 0 fully saturated rings. The molecular weight excluding hydrogens is 208 g/mol. The van der Waals surface area contributed by atoms with Crippen molar-refractivity contribution in [3.63, 3.8) is 0 Å². The lowest BCUT2D eigenvalue weighted by atomic mass is 9.99. The van der Waals surface area contributed by atoms with Crippen molar-refractivity contribution in [2.45, 2.75) is 46.2 Å². The number of hydrogen-bond acceptors (Lipinski definition) is 2. The van der Waals surface area contributed by atoms with E-state index in [4.69, 9.17) is 0 Å². The van der Waals surface area contributed by atoms with Gasteiger partial charge < -0.3 is 10.2 Å². The van der Waals surface area contributed by atoms with Crippen LogP contribution in [0.4, 0.5) is 5.69 Å². The molecule has 0 aromatic heterocycles. The van der Waals surface area contributed by atoms with Gasteiger partial charge in [0, 0.05) is 24.8 Å². The first kappa shape index (κ1) is 14.0. The molecular formula is C15H26N2. The van der Waals surface area contributed by atoms with Crippen molar-refractivity contribution in [1.82, 2.24) is 5.32 Å². The molecule has 2 heteroatoms. The minimum atomic E-state index is 0.211. The van der Waals surface area contributed by atoms with Crippen molar-refractivity contribution in [1.29, 1.82) is 0 Å². The summed E-state index contributed by atoms with van der Waals surface area (Å²) in [6.45, 7) is 10.9. The number of hydrogen-bond donors (Lipinski definition) is 1. The number of rotatable bonds is 6. The summed E-state index contributed by atoms with van der Waals surface area (Å²) >= 11 is 0. The first-order chi connectivity index (χ1) is 8.01. The van der Waals surface area contributed by atoms with Gasteiger partial charge in [0.1, 0.15) is 0 Å². The highest BCUT2D eigenvalue weighted by molar-refractivity contribution is 5.49. The smallest absolute Gasteiger partial charge is 0.0368 e. The third-order valence-corrected chi connectivity index (χ3v) is 3.68. The van der Waals surface area contributed by atoms with E-state index in [9.17, 15) is 0 Å². The largest absolute Gasteiger partial charge is 0.369 e. The molecule has 1 rings (SSSR count). The van der Waals surface area contributed by atoms with E-state index in [-0.39, 0.29) is 5.54 Å². The van der Waals surface area contributed by atoms with E-state index in [1.165, 1.54) is 11.3 Å². The van der Waals surface area contributed by atoms with Crippen LogP contribution in [0.2, 0.25) is 0 Å². The highest BCUT2D eigenvalue weighted by atomic mass is 15.2. The minimum absolute atomic E-state index is 0.211. The molecule has 1 aromatic carbocycles. The van der Waals surface area contributed by atoms with Crippen LogP contribution in [0.3, 0.4) is 0 Å². The second-order valence-electron chi connectivity index (χ2n) is 5.17. The third-order valence-electron chi connectivity index (χ3n) is 3.68. The van der Waals surface area contributed by atoms with E-state index in [1.807, 2.05) is 0 Å². The van der Waals surface area contributed by atoms with Gasteiger partial charge in [-0.15, -0.1) is 0 Å². The molecule has 0 saturated heterocycles. The Bertz CT molecular complexity index is 327. The Morgan fingerprint density at radius 3 is 2.18 bits per heavy atom. The first-order valence-corrected chi connectivity index (χ1v) is 6.54. The maximum atomic E-state index is 3.34. The zero-order chi connectivity index (χ0) is 12.9. The standard InChI is InChI=1S/C15H26N2/c1-6-15(3,4)17(5)14-10-8-13(9-11-14)12-16-7-2/h8-11,16H,6-7,12H2,1-5H3. The van der Waals surface area contributed by atoms with Gasteiger partial charge in [-0.3, -0.25) is 0 Å². The molecule has 96 valence electrons. The second-order valence-corrected chi connectivity index (χ2v) is 5.17. The van der Waals surface area contributed by atoms with E-state index in [2.05, 4.69) is 69.2 Å². The molecule has 0 bridgehead atoms. The van der Waals surface area contributed by atoms with Crippen molar-refractivity contribution in [2.75, 3.05) is 18.5 Å². The first-order valence-electron chi connectivity index (χ1n) is 6.54. The predicted molar refractivity (Wildman–Crippen MR) is 76.6 cm³/mol. The maximum Gasteiger partial charge on any atom is 0.0368 e. The van der Waals surface area contributed by atoms with E-state index < -0.39 is 0 Å². The molecule has 0 spiro atoms. The molecule has 0 aliphatic carbocycles. The van der Waals surface area contributed by atoms with Crippen LogP contribution in [0.25, 0.3) is 0 Å². The van der Waals surface area contributed by atoms with Gasteiger partial charge in [0.15, 0.2) is 0 Å². The molecule has 17 heavy (non-hydrogen) atoms. The van der Waals surface area contributed by atoms with Crippen LogP contribution in [0.5, 0.6) is 0 Å². The molecule has 1 aromatic rings. The lowest BCUT2D eigenvalue weighted by Crippen LogP contribution is -2.40. The molecule has 0 heterocycles. The lowest BCUT2D eigenvalue weighted by Gasteiger charge is -2.36. The zero-order valence-electron chi connectivity index (χ0n) is 11.9. The average Bonchev–Trinajstić information content (AvgIpc) is 2.36. The SMILES string of the molecule is CCNCc1ccc(N(C)C(C)(C)CC)cc1. The van der Waals surface area contributed by atoms with Crippen molar-refractivity contribution >= 4 is 5.69 Å². The van der Waals surface area contributed by atoms with Crippen LogP contribution < -0.4 is 10.2 Å². The summed E-state index contributed by atoms with van der Waals surface area (Å²) in [4.78, 5) is 2.35. The number of nitrogens with one attached hydrogen (secondary N) is 1. The van der Waals surface area contributed by atoms with Gasteiger partial charge in [0.05, 0.1) is 0 Å². The molecule has 1 N–H and O–H groups in total. The fourth-order valence-electron chi connectivity index (χ4n) is 1.69. The summed E-state index contributed by atoms with van der Waals surface area (Å²) < 4.78 is 0. The Morgan fingerprint density at radius 1 is 1.12 bits per heavy atom. The van der Waals surface area contributed by atoms with Gasteiger partial charge in [0.25, 0.3) is 0 Å². The Morgan fingerprint density at radius 2 is 1.71 bits per heavy atom. The van der Waals surface area contributed by atoms with Gasteiger partial charge in [-0.2, -0.15) is 0 Å². The summed E-state index contributed by atoms with van der Waals surface area (Å²) in [5.74, 6) is 0. The molecule has 0 saturated carbocycles. The Kier molecular flexibility index (Phi) is 5.01. The van der Waals surface area contributed by atoms with Crippen LogP contribution in [0.1, 0.15) is 39.7 Å². The Balaban J connectivity index is 2.73. The van der Waals surface area contributed by atoms with Crippen molar-refractivity contribution in [3.05, 3.63) is 29.8 Å². The topological polar surface area (TPSA) is 15.3 Å². The monoisotopic (exact) mass is 234 g/mol. The Hall–Kier alpha value is -1.02. The van der Waals surface area contributed by atoms with Crippen LogP contribution >= 0.6 is 0 Å². The van der Waals surface area contributed by atoms with Crippen LogP contribution in [0, 0.1) is 0 Å². The van der Waals surface area contributed by atoms with Gasteiger partial charge in [0.2, 0.25) is 0 Å². The summed E-state index contributed by atoms with van der Waals surface area (Å²) in [5.41, 5.74) is 2.85. The zero-order valence-corrected chi connectivity index (χ0v) is 11.9. The predicted octanol–water partition coefficient (Wildman–Crippen LogP) is 3.42. The summed E-state index contributed by atoms with van der Waals surface area (Å²) in [7, 11) is 2.17. The molecule has 0 aliphatic heterocycles. The minimum Gasteiger partial charge on any atom is -0.369 e. The molecule has 0 radical (unpaired) electrons. The quantitative estimate of drug-likeness (QED) is 0.811. The molecule has 0 aliphatic rings. The normalized spacial score (nSPS) is 11.6. The fraction of sp³-hybridized carbons (Fsp3) is 0.600. The second kappa shape index (κ2) is 6.06. The van der Waals surface area contributed by atoms with Gasteiger partial charge in [-0.05, 0) is 44.5 Å². The third kappa shape index (κ3) is 3.74.